The fourth-order valence-electron chi connectivity index (χ4n) is 4.42. The van der Waals surface area contributed by atoms with Gasteiger partial charge in [0.1, 0.15) is 11.9 Å². The number of nitrogens with zero attached hydrogens (tertiary/aromatic N) is 2. The first kappa shape index (κ1) is 22.3. The van der Waals surface area contributed by atoms with Crippen molar-refractivity contribution in [2.75, 3.05) is 0 Å². The predicted molar refractivity (Wildman–Crippen MR) is 127 cm³/mol. The van der Waals surface area contributed by atoms with Crippen LogP contribution in [-0.4, -0.2) is 4.57 Å². The summed E-state index contributed by atoms with van der Waals surface area (Å²) >= 11 is 0. The Labute approximate surface area is 183 Å². The molecule has 2 nitrogen and oxygen atoms in total. The van der Waals surface area contributed by atoms with Crippen molar-refractivity contribution in [2.24, 2.45) is 7.05 Å². The third-order valence-corrected chi connectivity index (χ3v) is 6.23. The van der Waals surface area contributed by atoms with E-state index in [9.17, 15) is 0 Å². The van der Waals surface area contributed by atoms with E-state index in [1.807, 2.05) is 0 Å². The summed E-state index contributed by atoms with van der Waals surface area (Å²) in [6, 6.07) is 21.8. The van der Waals surface area contributed by atoms with Crippen molar-refractivity contribution in [3.05, 3.63) is 89.5 Å². The molecule has 0 saturated carbocycles. The van der Waals surface area contributed by atoms with Gasteiger partial charge >= 0.3 is 0 Å². The maximum absolute atomic E-state index is 2.62. The number of hydrogen-bond acceptors (Lipinski definition) is 0. The van der Waals surface area contributed by atoms with Crippen LogP contribution in [0.15, 0.2) is 66.9 Å². The Morgan fingerprint density at radius 3 is 2.17 bits per heavy atom. The van der Waals surface area contributed by atoms with Crippen LogP contribution in [0.25, 0.3) is 0 Å². The first-order valence-electron chi connectivity index (χ1n) is 11.8. The molecule has 160 valence electrons. The molecule has 1 heterocycles. The summed E-state index contributed by atoms with van der Waals surface area (Å²) < 4.78 is 4.98. The summed E-state index contributed by atoms with van der Waals surface area (Å²) in [5.74, 6) is 1.94. The Morgan fingerprint density at radius 1 is 0.833 bits per heavy atom. The van der Waals surface area contributed by atoms with Crippen molar-refractivity contribution in [2.45, 2.75) is 77.7 Å². The van der Waals surface area contributed by atoms with E-state index in [-0.39, 0.29) is 0 Å². The van der Waals surface area contributed by atoms with Gasteiger partial charge < -0.3 is 0 Å². The van der Waals surface area contributed by atoms with Crippen molar-refractivity contribution in [1.82, 2.24) is 4.57 Å². The van der Waals surface area contributed by atoms with E-state index in [0.29, 0.717) is 5.92 Å². The highest BCUT2D eigenvalue weighted by Crippen LogP contribution is 2.20. The van der Waals surface area contributed by atoms with E-state index in [1.165, 1.54) is 61.2 Å². The Hall–Kier alpha value is -2.35. The van der Waals surface area contributed by atoms with Crippen LogP contribution < -0.4 is 4.57 Å². The van der Waals surface area contributed by atoms with Crippen LogP contribution in [0.1, 0.15) is 80.9 Å². The van der Waals surface area contributed by atoms with Gasteiger partial charge in [0, 0.05) is 6.42 Å². The summed E-state index contributed by atoms with van der Waals surface area (Å²) in [6.45, 7) is 5.77. The van der Waals surface area contributed by atoms with Gasteiger partial charge in [0.2, 0.25) is 0 Å². The molecule has 2 heteroatoms. The molecule has 0 N–H and O–H groups in total. The van der Waals surface area contributed by atoms with Gasteiger partial charge in [0.15, 0.2) is 0 Å². The van der Waals surface area contributed by atoms with Crippen molar-refractivity contribution in [3.8, 4) is 0 Å². The molecule has 0 aliphatic rings. The molecule has 0 aliphatic carbocycles. The lowest BCUT2D eigenvalue weighted by atomic mass is 9.96. The van der Waals surface area contributed by atoms with Crippen LogP contribution in [0.3, 0.4) is 0 Å². The molecule has 1 unspecified atom stereocenters. The van der Waals surface area contributed by atoms with Crippen LogP contribution in [0, 0.1) is 0 Å². The van der Waals surface area contributed by atoms with Gasteiger partial charge in [0.25, 0.3) is 5.82 Å². The molecule has 0 saturated heterocycles. The average Bonchev–Trinajstić information content (AvgIpc) is 3.06. The summed E-state index contributed by atoms with van der Waals surface area (Å²) in [5, 5.41) is 0. The molecule has 1 atom stereocenters. The molecule has 1 aromatic heterocycles. The van der Waals surface area contributed by atoms with Gasteiger partial charge in [-0.3, -0.25) is 0 Å². The van der Waals surface area contributed by atoms with Crippen LogP contribution in [0.2, 0.25) is 0 Å². The Morgan fingerprint density at radius 2 is 1.47 bits per heavy atom. The second-order valence-electron chi connectivity index (χ2n) is 8.75. The lowest BCUT2D eigenvalue weighted by molar-refractivity contribution is -0.710. The maximum atomic E-state index is 2.62. The van der Waals surface area contributed by atoms with E-state index in [4.69, 9.17) is 0 Å². The first-order chi connectivity index (χ1) is 14.7. The maximum Gasteiger partial charge on any atom is 0.260 e. The minimum atomic E-state index is 0.522. The summed E-state index contributed by atoms with van der Waals surface area (Å²) in [7, 11) is 2.21. The SMILES string of the molecule is CCCCCCCC[n+]1c(CC(C)c2ccccc2)cn(C)c1Cc1ccccc1. The van der Waals surface area contributed by atoms with E-state index >= 15 is 0 Å². The van der Waals surface area contributed by atoms with Gasteiger partial charge in [-0.2, -0.15) is 0 Å². The second-order valence-corrected chi connectivity index (χ2v) is 8.75. The molecule has 0 bridgehead atoms. The number of aromatic nitrogens is 2. The molecular weight excluding hydrogens is 364 g/mol. The van der Waals surface area contributed by atoms with E-state index in [2.05, 4.69) is 96.9 Å². The van der Waals surface area contributed by atoms with Gasteiger partial charge in [-0.25, -0.2) is 9.13 Å². The lowest BCUT2D eigenvalue weighted by Gasteiger charge is -2.12. The molecule has 0 amide bonds. The molecule has 3 aromatic rings. The molecule has 30 heavy (non-hydrogen) atoms. The predicted octanol–water partition coefficient (Wildman–Crippen LogP) is 6.61. The van der Waals surface area contributed by atoms with Crippen molar-refractivity contribution in [3.63, 3.8) is 0 Å². The molecule has 0 radical (unpaired) electrons. The molecule has 3 rings (SSSR count). The monoisotopic (exact) mass is 403 g/mol. The number of aryl methyl sites for hydroxylation is 1. The van der Waals surface area contributed by atoms with Crippen molar-refractivity contribution < 1.29 is 4.57 Å². The summed E-state index contributed by atoms with van der Waals surface area (Å²) in [6.07, 6.45) is 12.5. The van der Waals surface area contributed by atoms with E-state index in [1.54, 1.807) is 0 Å². The smallest absolute Gasteiger partial charge is 0.236 e. The number of imidazole rings is 1. The van der Waals surface area contributed by atoms with Gasteiger partial charge in [0.05, 0.1) is 20.0 Å². The fraction of sp³-hybridized carbons (Fsp3) is 0.464. The van der Waals surface area contributed by atoms with Crippen LogP contribution in [0.5, 0.6) is 0 Å². The number of hydrogen-bond donors (Lipinski definition) is 0. The Bertz CT molecular complexity index is 864. The third-order valence-electron chi connectivity index (χ3n) is 6.23. The highest BCUT2D eigenvalue weighted by Gasteiger charge is 2.23. The topological polar surface area (TPSA) is 8.81 Å². The van der Waals surface area contributed by atoms with Crippen LogP contribution in [-0.2, 0) is 26.4 Å². The van der Waals surface area contributed by atoms with Gasteiger partial charge in [-0.05, 0) is 29.9 Å². The molecule has 0 spiro atoms. The molecule has 0 fully saturated rings. The highest BCUT2D eigenvalue weighted by molar-refractivity contribution is 5.21. The van der Waals surface area contributed by atoms with Crippen molar-refractivity contribution in [1.29, 1.82) is 0 Å². The fourth-order valence-corrected chi connectivity index (χ4v) is 4.42. The van der Waals surface area contributed by atoms with Gasteiger partial charge in [-0.1, -0.05) is 100 Å². The molecular formula is C28H39N2+. The summed E-state index contributed by atoms with van der Waals surface area (Å²) in [4.78, 5) is 0. The Kier molecular flexibility index (Phi) is 8.74. The van der Waals surface area contributed by atoms with E-state index < -0.39 is 0 Å². The third kappa shape index (κ3) is 6.32. The zero-order chi connectivity index (χ0) is 21.2. The normalized spacial score (nSPS) is 12.2. The molecule has 0 aliphatic heterocycles. The molecule has 2 aromatic carbocycles. The summed E-state index contributed by atoms with van der Waals surface area (Å²) in [5.41, 5.74) is 4.28. The van der Waals surface area contributed by atoms with Gasteiger partial charge in [-0.15, -0.1) is 0 Å². The number of unbranched alkanes of at least 4 members (excludes halogenated alkanes) is 5. The zero-order valence-corrected chi connectivity index (χ0v) is 19.2. The quantitative estimate of drug-likeness (QED) is 0.238. The van der Waals surface area contributed by atoms with Crippen LogP contribution in [0.4, 0.5) is 0 Å². The minimum absolute atomic E-state index is 0.522. The zero-order valence-electron chi connectivity index (χ0n) is 19.2. The minimum Gasteiger partial charge on any atom is -0.236 e. The lowest BCUT2D eigenvalue weighted by Crippen LogP contribution is -2.41. The average molecular weight is 404 g/mol. The Balaban J connectivity index is 1.77. The van der Waals surface area contributed by atoms with Crippen molar-refractivity contribution >= 4 is 0 Å². The highest BCUT2D eigenvalue weighted by atomic mass is 15.1. The second kappa shape index (κ2) is 11.7. The van der Waals surface area contributed by atoms with Crippen LogP contribution >= 0.6 is 0 Å². The number of rotatable bonds is 12. The first-order valence-corrected chi connectivity index (χ1v) is 11.8. The van der Waals surface area contributed by atoms with E-state index in [0.717, 1.165) is 19.4 Å². The standard InChI is InChI=1S/C28H39N2/c1-4-5-6-7-8-15-20-30-27(21-24(2)26-18-13-10-14-19-26)23-29(3)28(30)22-25-16-11-9-12-17-25/h9-14,16-19,23-24H,4-8,15,20-22H2,1-3H3/q+1. The number of benzene rings is 2. The largest absolute Gasteiger partial charge is 0.260 e.